The predicted molar refractivity (Wildman–Crippen MR) is 135 cm³/mol. The molecule has 7 heteroatoms. The number of carbonyl (C=O) groups excluding carboxylic acids is 3. The van der Waals surface area contributed by atoms with Crippen LogP contribution < -0.4 is 10.6 Å². The number of amides is 4. The second-order valence-electron chi connectivity index (χ2n) is 11.6. The molecule has 5 aliphatic rings. The Morgan fingerprint density at radius 3 is 2.06 bits per heavy atom. The van der Waals surface area contributed by atoms with Crippen molar-refractivity contribution in [2.75, 3.05) is 20.1 Å². The summed E-state index contributed by atoms with van der Waals surface area (Å²) >= 11 is 0. The van der Waals surface area contributed by atoms with Crippen LogP contribution in [0.5, 0.6) is 0 Å². The molecular weight excluding hydrogens is 440 g/mol. The van der Waals surface area contributed by atoms with Gasteiger partial charge >= 0.3 is 6.03 Å². The summed E-state index contributed by atoms with van der Waals surface area (Å²) in [6.07, 6.45) is 8.17. The van der Waals surface area contributed by atoms with Gasteiger partial charge in [0, 0.05) is 44.7 Å². The van der Waals surface area contributed by atoms with E-state index in [1.165, 1.54) is 32.1 Å². The second-order valence-corrected chi connectivity index (χ2v) is 11.6. The molecule has 4 amide bonds. The van der Waals surface area contributed by atoms with Crippen molar-refractivity contribution in [3.63, 3.8) is 0 Å². The van der Waals surface area contributed by atoms with Crippen LogP contribution >= 0.6 is 0 Å². The van der Waals surface area contributed by atoms with Gasteiger partial charge in [-0.15, -0.1) is 0 Å². The van der Waals surface area contributed by atoms with Crippen molar-refractivity contribution in [1.82, 2.24) is 20.4 Å². The number of benzene rings is 1. The Labute approximate surface area is 209 Å². The maximum atomic E-state index is 13.0. The van der Waals surface area contributed by atoms with Gasteiger partial charge in [-0.3, -0.25) is 9.59 Å². The third-order valence-electron chi connectivity index (χ3n) is 9.32. The number of urea groups is 1. The first-order chi connectivity index (χ1) is 16.8. The van der Waals surface area contributed by atoms with Gasteiger partial charge in [0.1, 0.15) is 0 Å². The van der Waals surface area contributed by atoms with Crippen LogP contribution in [-0.2, 0) is 4.79 Å². The molecule has 35 heavy (non-hydrogen) atoms. The topological polar surface area (TPSA) is 81.8 Å². The Morgan fingerprint density at radius 1 is 0.943 bits per heavy atom. The summed E-state index contributed by atoms with van der Waals surface area (Å²) in [5.41, 5.74) is 1.67. The maximum Gasteiger partial charge on any atom is 0.317 e. The van der Waals surface area contributed by atoms with Crippen molar-refractivity contribution in [3.05, 3.63) is 35.4 Å². The fourth-order valence-corrected chi connectivity index (χ4v) is 7.42. The Balaban J connectivity index is 1.12. The summed E-state index contributed by atoms with van der Waals surface area (Å²) in [5, 5.41) is 6.46. The molecule has 1 aromatic carbocycles. The molecule has 0 spiro atoms. The molecule has 1 unspecified atom stereocenters. The van der Waals surface area contributed by atoms with Crippen molar-refractivity contribution >= 4 is 17.8 Å². The van der Waals surface area contributed by atoms with E-state index in [1.807, 2.05) is 43.1 Å². The molecule has 6 rings (SSSR count). The smallest absolute Gasteiger partial charge is 0.317 e. The fourth-order valence-electron chi connectivity index (χ4n) is 7.42. The molecule has 1 atom stereocenters. The van der Waals surface area contributed by atoms with E-state index in [9.17, 15) is 14.4 Å². The summed E-state index contributed by atoms with van der Waals surface area (Å²) in [7, 11) is 1.83. The molecule has 1 saturated heterocycles. The highest BCUT2D eigenvalue weighted by atomic mass is 16.2. The van der Waals surface area contributed by atoms with Crippen molar-refractivity contribution in [2.24, 2.45) is 23.7 Å². The maximum absolute atomic E-state index is 13.0. The molecule has 1 aromatic rings. The van der Waals surface area contributed by atoms with E-state index < -0.39 is 0 Å². The molecule has 1 heterocycles. The Hall–Kier alpha value is -2.57. The lowest BCUT2D eigenvalue weighted by Crippen LogP contribution is -2.55. The van der Waals surface area contributed by atoms with Crippen LogP contribution in [0.15, 0.2) is 24.3 Å². The first kappa shape index (κ1) is 24.1. The molecule has 0 radical (unpaired) electrons. The van der Waals surface area contributed by atoms with Crippen molar-refractivity contribution in [3.8, 4) is 0 Å². The monoisotopic (exact) mass is 480 g/mol. The zero-order valence-electron chi connectivity index (χ0n) is 21.3. The van der Waals surface area contributed by atoms with E-state index in [-0.39, 0.29) is 29.9 Å². The average molecular weight is 481 g/mol. The molecule has 2 N–H and O–H groups in total. The minimum Gasteiger partial charge on any atom is -0.349 e. The highest BCUT2D eigenvalue weighted by Gasteiger charge is 2.48. The van der Waals surface area contributed by atoms with Crippen LogP contribution in [0.25, 0.3) is 0 Å². The molecule has 4 saturated carbocycles. The SMILES string of the molecule is CC(=O)N1CCC(N(C)C(=O)NC(C)c2ccc(C(=O)NC3C4CC5CC(C4)CC3C5)cc2)CC1. The van der Waals surface area contributed by atoms with Crippen LogP contribution in [0, 0.1) is 23.7 Å². The van der Waals surface area contributed by atoms with Gasteiger partial charge in [-0.2, -0.15) is 0 Å². The summed E-state index contributed by atoms with van der Waals surface area (Å²) in [6, 6.07) is 7.85. The molecule has 0 aromatic heterocycles. The number of nitrogens with one attached hydrogen (secondary N) is 2. The first-order valence-corrected chi connectivity index (χ1v) is 13.5. The highest BCUT2D eigenvalue weighted by Crippen LogP contribution is 2.53. The Kier molecular flexibility index (Phi) is 6.78. The van der Waals surface area contributed by atoms with Crippen molar-refractivity contribution in [2.45, 2.75) is 76.9 Å². The molecule has 4 bridgehead atoms. The summed E-state index contributed by atoms with van der Waals surface area (Å²) in [6.45, 7) is 4.95. The van der Waals surface area contributed by atoms with Gasteiger partial charge in [0.05, 0.1) is 6.04 Å². The van der Waals surface area contributed by atoms with E-state index in [0.717, 1.165) is 30.2 Å². The standard InChI is InChI=1S/C28H40N4O3/c1-17(29-28(35)31(3)25-8-10-32(11-9-25)18(2)33)21-4-6-22(7-5-21)27(34)30-26-23-13-19-12-20(15-23)16-24(26)14-19/h4-7,17,19-20,23-26H,8-16H2,1-3H3,(H,29,35)(H,30,34). The zero-order chi connectivity index (χ0) is 24.7. The van der Waals surface area contributed by atoms with E-state index in [1.54, 1.807) is 11.8 Å². The second kappa shape index (κ2) is 9.82. The van der Waals surface area contributed by atoms with E-state index >= 15 is 0 Å². The fraction of sp³-hybridized carbons (Fsp3) is 0.679. The van der Waals surface area contributed by atoms with Gasteiger partial charge in [0.15, 0.2) is 0 Å². The minimum atomic E-state index is -0.163. The number of hydrogen-bond acceptors (Lipinski definition) is 3. The summed E-state index contributed by atoms with van der Waals surface area (Å²) < 4.78 is 0. The van der Waals surface area contributed by atoms with Crippen molar-refractivity contribution < 1.29 is 14.4 Å². The molecule has 5 fully saturated rings. The van der Waals surface area contributed by atoms with Gasteiger partial charge in [-0.1, -0.05) is 12.1 Å². The molecule has 1 aliphatic heterocycles. The van der Waals surface area contributed by atoms with Gasteiger partial charge in [-0.25, -0.2) is 4.79 Å². The average Bonchev–Trinajstić information content (AvgIpc) is 2.85. The lowest BCUT2D eigenvalue weighted by Gasteiger charge is -2.54. The molecule has 190 valence electrons. The van der Waals surface area contributed by atoms with Crippen LogP contribution in [0.2, 0.25) is 0 Å². The largest absolute Gasteiger partial charge is 0.349 e. The number of hydrogen-bond donors (Lipinski definition) is 2. The van der Waals surface area contributed by atoms with Gasteiger partial charge in [0.25, 0.3) is 5.91 Å². The molecular formula is C28H40N4O3. The van der Waals surface area contributed by atoms with E-state index in [4.69, 9.17) is 0 Å². The number of nitrogens with zero attached hydrogens (tertiary/aromatic N) is 2. The normalized spacial score (nSPS) is 30.6. The minimum absolute atomic E-state index is 0.0300. The van der Waals surface area contributed by atoms with Gasteiger partial charge < -0.3 is 20.4 Å². The van der Waals surface area contributed by atoms with Gasteiger partial charge in [0.2, 0.25) is 5.91 Å². The third-order valence-corrected chi connectivity index (χ3v) is 9.32. The quantitative estimate of drug-likeness (QED) is 0.669. The zero-order valence-corrected chi connectivity index (χ0v) is 21.3. The van der Waals surface area contributed by atoms with Crippen LogP contribution in [0.4, 0.5) is 4.79 Å². The highest BCUT2D eigenvalue weighted by molar-refractivity contribution is 5.94. The molecule has 4 aliphatic carbocycles. The Bertz CT molecular complexity index is 925. The number of carbonyl (C=O) groups is 3. The first-order valence-electron chi connectivity index (χ1n) is 13.5. The predicted octanol–water partition coefficient (Wildman–Crippen LogP) is 3.95. The van der Waals surface area contributed by atoms with Crippen LogP contribution in [0.1, 0.15) is 80.8 Å². The summed E-state index contributed by atoms with van der Waals surface area (Å²) in [5.74, 6) is 3.25. The lowest BCUT2D eigenvalue weighted by molar-refractivity contribution is -0.130. The van der Waals surface area contributed by atoms with E-state index in [2.05, 4.69) is 10.6 Å². The van der Waals surface area contributed by atoms with Crippen LogP contribution in [0.3, 0.4) is 0 Å². The third kappa shape index (κ3) is 5.05. The summed E-state index contributed by atoms with van der Waals surface area (Å²) in [4.78, 5) is 41.0. The number of rotatable bonds is 5. The van der Waals surface area contributed by atoms with Crippen molar-refractivity contribution in [1.29, 1.82) is 0 Å². The Morgan fingerprint density at radius 2 is 1.51 bits per heavy atom. The van der Waals surface area contributed by atoms with E-state index in [0.29, 0.717) is 36.5 Å². The van der Waals surface area contributed by atoms with Crippen LogP contribution in [-0.4, -0.2) is 59.9 Å². The number of piperidine rings is 1. The van der Waals surface area contributed by atoms with Gasteiger partial charge in [-0.05, 0) is 93.2 Å². The molecule has 7 nitrogen and oxygen atoms in total. The lowest BCUT2D eigenvalue weighted by atomic mass is 9.54. The number of likely N-dealkylation sites (tertiary alicyclic amines) is 1.